The molecular formula is C18H18N6O. The minimum absolute atomic E-state index is 0.214. The third-order valence-electron chi connectivity index (χ3n) is 3.97. The summed E-state index contributed by atoms with van der Waals surface area (Å²) in [6, 6.07) is 8.93. The van der Waals surface area contributed by atoms with Crippen molar-refractivity contribution in [3.05, 3.63) is 60.2 Å². The van der Waals surface area contributed by atoms with Gasteiger partial charge in [-0.2, -0.15) is 15.5 Å². The molecule has 0 fully saturated rings. The SMILES string of the molecule is Cc1cnn(C(C)(C)C(=O)Nc2ccc(C#N)cc2-n2cccn2)c1. The van der Waals surface area contributed by atoms with Gasteiger partial charge in [0.25, 0.3) is 5.91 Å². The standard InChI is InChI=1S/C18H18N6O/c1-13-11-21-24(12-13)18(2,3)17(25)22-15-6-5-14(10-19)9-16(15)23-8-4-7-20-23/h4-9,11-12H,1-3H3,(H,22,25). The maximum atomic E-state index is 12.9. The molecular weight excluding hydrogens is 316 g/mol. The summed E-state index contributed by atoms with van der Waals surface area (Å²) in [7, 11) is 0. The number of aryl methyl sites for hydroxylation is 1. The molecule has 0 spiro atoms. The summed E-state index contributed by atoms with van der Waals surface area (Å²) in [6.07, 6.45) is 6.94. The Kier molecular flexibility index (Phi) is 4.11. The first kappa shape index (κ1) is 16.5. The molecule has 0 bridgehead atoms. The van der Waals surface area contributed by atoms with Crippen molar-refractivity contribution in [1.29, 1.82) is 5.26 Å². The fraction of sp³-hybridized carbons (Fsp3) is 0.222. The maximum absolute atomic E-state index is 12.9. The maximum Gasteiger partial charge on any atom is 0.251 e. The molecule has 1 N–H and O–H groups in total. The van der Waals surface area contributed by atoms with Gasteiger partial charge in [0.15, 0.2) is 0 Å². The van der Waals surface area contributed by atoms with Crippen LogP contribution in [0.15, 0.2) is 49.1 Å². The van der Waals surface area contributed by atoms with Gasteiger partial charge in [0.05, 0.1) is 29.2 Å². The van der Waals surface area contributed by atoms with Gasteiger partial charge in [-0.05, 0) is 50.6 Å². The van der Waals surface area contributed by atoms with Crippen LogP contribution < -0.4 is 5.32 Å². The van der Waals surface area contributed by atoms with E-state index >= 15 is 0 Å². The van der Waals surface area contributed by atoms with Gasteiger partial charge < -0.3 is 5.32 Å². The number of nitrogens with one attached hydrogen (secondary N) is 1. The van der Waals surface area contributed by atoms with Crippen LogP contribution in [0.4, 0.5) is 5.69 Å². The predicted molar refractivity (Wildman–Crippen MR) is 93.2 cm³/mol. The average Bonchev–Trinajstić information content (AvgIpc) is 3.27. The molecule has 0 radical (unpaired) electrons. The second-order valence-corrected chi connectivity index (χ2v) is 6.27. The highest BCUT2D eigenvalue weighted by Crippen LogP contribution is 2.24. The molecule has 3 aromatic rings. The van der Waals surface area contributed by atoms with Crippen molar-refractivity contribution in [3.63, 3.8) is 0 Å². The van der Waals surface area contributed by atoms with Crippen LogP contribution in [0.3, 0.4) is 0 Å². The number of carbonyl (C=O) groups is 1. The summed E-state index contributed by atoms with van der Waals surface area (Å²) in [6.45, 7) is 5.52. The van der Waals surface area contributed by atoms with Crippen LogP contribution in [0, 0.1) is 18.3 Å². The summed E-state index contributed by atoms with van der Waals surface area (Å²) in [5, 5.41) is 20.5. The Labute approximate surface area is 145 Å². The molecule has 2 aromatic heterocycles. The molecule has 7 nitrogen and oxygen atoms in total. The van der Waals surface area contributed by atoms with Gasteiger partial charge in [0.2, 0.25) is 0 Å². The normalized spacial score (nSPS) is 11.1. The van der Waals surface area contributed by atoms with Crippen molar-refractivity contribution in [2.24, 2.45) is 0 Å². The second kappa shape index (κ2) is 6.24. The number of aromatic nitrogens is 4. The molecule has 0 saturated heterocycles. The van der Waals surface area contributed by atoms with Crippen LogP contribution >= 0.6 is 0 Å². The van der Waals surface area contributed by atoms with Crippen molar-refractivity contribution in [1.82, 2.24) is 19.6 Å². The van der Waals surface area contributed by atoms with Gasteiger partial charge >= 0.3 is 0 Å². The highest BCUT2D eigenvalue weighted by Gasteiger charge is 2.31. The van der Waals surface area contributed by atoms with E-state index in [1.54, 1.807) is 66.1 Å². The minimum atomic E-state index is -0.871. The zero-order valence-corrected chi connectivity index (χ0v) is 14.3. The Morgan fingerprint density at radius 1 is 1.32 bits per heavy atom. The topological polar surface area (TPSA) is 88.5 Å². The molecule has 0 aliphatic rings. The molecule has 0 aliphatic carbocycles. The lowest BCUT2D eigenvalue weighted by atomic mass is 10.0. The zero-order chi connectivity index (χ0) is 18.0. The fourth-order valence-corrected chi connectivity index (χ4v) is 2.41. The van der Waals surface area contributed by atoms with Crippen LogP contribution in [0.5, 0.6) is 0 Å². The summed E-state index contributed by atoms with van der Waals surface area (Å²) < 4.78 is 3.25. The number of amides is 1. The number of rotatable bonds is 4. The van der Waals surface area contributed by atoms with Crippen molar-refractivity contribution < 1.29 is 4.79 Å². The molecule has 0 atom stereocenters. The molecule has 25 heavy (non-hydrogen) atoms. The quantitative estimate of drug-likeness (QED) is 0.794. The zero-order valence-electron chi connectivity index (χ0n) is 14.3. The van der Waals surface area contributed by atoms with E-state index in [-0.39, 0.29) is 5.91 Å². The lowest BCUT2D eigenvalue weighted by Gasteiger charge is -2.25. The van der Waals surface area contributed by atoms with Gasteiger partial charge in [-0.1, -0.05) is 0 Å². The summed E-state index contributed by atoms with van der Waals surface area (Å²) in [5.74, 6) is -0.214. The number of hydrogen-bond acceptors (Lipinski definition) is 4. The lowest BCUT2D eigenvalue weighted by Crippen LogP contribution is -2.40. The lowest BCUT2D eigenvalue weighted by molar-refractivity contribution is -0.123. The van der Waals surface area contributed by atoms with E-state index in [4.69, 9.17) is 5.26 Å². The first-order valence-electron chi connectivity index (χ1n) is 7.79. The third-order valence-corrected chi connectivity index (χ3v) is 3.97. The molecule has 1 amide bonds. The van der Waals surface area contributed by atoms with E-state index in [1.807, 2.05) is 13.1 Å². The number of benzene rings is 1. The summed E-state index contributed by atoms with van der Waals surface area (Å²) in [4.78, 5) is 12.9. The van der Waals surface area contributed by atoms with Gasteiger partial charge in [0.1, 0.15) is 5.54 Å². The first-order valence-corrected chi connectivity index (χ1v) is 7.79. The highest BCUT2D eigenvalue weighted by molar-refractivity contribution is 5.97. The Hall–Kier alpha value is -3.40. The molecule has 0 unspecified atom stereocenters. The molecule has 2 heterocycles. The van der Waals surface area contributed by atoms with E-state index in [2.05, 4.69) is 21.6 Å². The predicted octanol–water partition coefficient (Wildman–Crippen LogP) is 2.62. The largest absolute Gasteiger partial charge is 0.322 e. The van der Waals surface area contributed by atoms with E-state index < -0.39 is 5.54 Å². The summed E-state index contributed by atoms with van der Waals surface area (Å²) in [5.41, 5.74) is 1.81. The Balaban J connectivity index is 1.95. The molecule has 1 aromatic carbocycles. The van der Waals surface area contributed by atoms with Crippen molar-refractivity contribution in [2.45, 2.75) is 26.3 Å². The molecule has 126 valence electrons. The number of anilines is 1. The molecule has 7 heteroatoms. The van der Waals surface area contributed by atoms with Gasteiger partial charge in [0, 0.05) is 18.6 Å². The molecule has 0 aliphatic heterocycles. The van der Waals surface area contributed by atoms with Crippen LogP contribution in [0.25, 0.3) is 5.69 Å². The Bertz CT molecular complexity index is 946. The van der Waals surface area contributed by atoms with E-state index in [9.17, 15) is 4.79 Å². The van der Waals surface area contributed by atoms with Crippen LogP contribution in [-0.2, 0) is 10.3 Å². The van der Waals surface area contributed by atoms with Crippen LogP contribution in [0.2, 0.25) is 0 Å². The van der Waals surface area contributed by atoms with Crippen molar-refractivity contribution in [2.75, 3.05) is 5.32 Å². The number of carbonyl (C=O) groups excluding carboxylic acids is 1. The summed E-state index contributed by atoms with van der Waals surface area (Å²) >= 11 is 0. The first-order chi connectivity index (χ1) is 11.9. The van der Waals surface area contributed by atoms with Gasteiger partial charge in [-0.3, -0.25) is 9.48 Å². The van der Waals surface area contributed by atoms with Gasteiger partial charge in [-0.15, -0.1) is 0 Å². The van der Waals surface area contributed by atoms with E-state index in [0.29, 0.717) is 16.9 Å². The Morgan fingerprint density at radius 3 is 2.72 bits per heavy atom. The second-order valence-electron chi connectivity index (χ2n) is 6.27. The van der Waals surface area contributed by atoms with Crippen molar-refractivity contribution >= 4 is 11.6 Å². The average molecular weight is 334 g/mol. The third kappa shape index (κ3) is 3.15. The number of nitriles is 1. The number of hydrogen-bond donors (Lipinski definition) is 1. The number of nitrogens with zero attached hydrogens (tertiary/aromatic N) is 5. The van der Waals surface area contributed by atoms with Crippen LogP contribution in [-0.4, -0.2) is 25.5 Å². The van der Waals surface area contributed by atoms with E-state index in [1.165, 1.54) is 0 Å². The highest BCUT2D eigenvalue weighted by atomic mass is 16.2. The molecule has 3 rings (SSSR count). The Morgan fingerprint density at radius 2 is 2.12 bits per heavy atom. The smallest absolute Gasteiger partial charge is 0.251 e. The van der Waals surface area contributed by atoms with E-state index in [0.717, 1.165) is 5.56 Å². The fourth-order valence-electron chi connectivity index (χ4n) is 2.41. The minimum Gasteiger partial charge on any atom is -0.322 e. The molecule has 0 saturated carbocycles. The van der Waals surface area contributed by atoms with Crippen molar-refractivity contribution in [3.8, 4) is 11.8 Å². The van der Waals surface area contributed by atoms with Gasteiger partial charge in [-0.25, -0.2) is 4.68 Å². The monoisotopic (exact) mass is 334 g/mol. The van der Waals surface area contributed by atoms with Crippen LogP contribution in [0.1, 0.15) is 25.0 Å².